The third-order valence-electron chi connectivity index (χ3n) is 1.58. The van der Waals surface area contributed by atoms with E-state index in [-0.39, 0.29) is 5.91 Å². The molecule has 4 nitrogen and oxygen atoms in total. The highest BCUT2D eigenvalue weighted by Gasteiger charge is 2.04. The molecule has 0 aliphatic carbocycles. The monoisotopic (exact) mass is 179 g/mol. The van der Waals surface area contributed by atoms with Crippen molar-refractivity contribution in [3.63, 3.8) is 0 Å². The van der Waals surface area contributed by atoms with E-state index in [1.807, 2.05) is 13.0 Å². The zero-order valence-corrected chi connectivity index (χ0v) is 7.79. The molecule has 0 aliphatic rings. The van der Waals surface area contributed by atoms with Crippen LogP contribution in [0.2, 0.25) is 0 Å². The van der Waals surface area contributed by atoms with Crippen molar-refractivity contribution < 1.29 is 4.79 Å². The first-order chi connectivity index (χ1) is 6.27. The molecule has 0 unspecified atom stereocenters. The zero-order valence-electron chi connectivity index (χ0n) is 7.79. The molecule has 1 rings (SSSR count). The maximum Gasteiger partial charge on any atom is 0.269 e. The molecule has 2 N–H and O–H groups in total. The molecule has 4 heteroatoms. The fourth-order valence-electron chi connectivity index (χ4n) is 0.952. The first-order valence-corrected chi connectivity index (χ1v) is 4.21. The van der Waals surface area contributed by atoms with Gasteiger partial charge in [-0.05, 0) is 19.1 Å². The summed E-state index contributed by atoms with van der Waals surface area (Å²) in [7, 11) is 1.77. The van der Waals surface area contributed by atoms with Gasteiger partial charge in [0.05, 0.1) is 0 Å². The standard InChI is InChI=1S/C9H13N3O/c1-3-11-9(13)7-5-4-6-8(10-2)12-7/h4-6H,3H2,1-2H3,(H,10,12)(H,11,13). The molecule has 70 valence electrons. The lowest BCUT2D eigenvalue weighted by atomic mass is 10.3. The Balaban J connectivity index is 2.82. The summed E-state index contributed by atoms with van der Waals surface area (Å²) in [5, 5.41) is 5.56. The van der Waals surface area contributed by atoms with Gasteiger partial charge in [0.15, 0.2) is 0 Å². The lowest BCUT2D eigenvalue weighted by Gasteiger charge is -2.03. The van der Waals surface area contributed by atoms with Crippen LogP contribution in [0.4, 0.5) is 5.82 Å². The van der Waals surface area contributed by atoms with E-state index >= 15 is 0 Å². The van der Waals surface area contributed by atoms with Gasteiger partial charge in [-0.1, -0.05) is 6.07 Å². The predicted molar refractivity (Wildman–Crippen MR) is 51.8 cm³/mol. The zero-order chi connectivity index (χ0) is 9.68. The number of rotatable bonds is 3. The molecule has 0 aliphatic heterocycles. The Morgan fingerprint density at radius 2 is 2.31 bits per heavy atom. The smallest absolute Gasteiger partial charge is 0.269 e. The normalized spacial score (nSPS) is 9.38. The highest BCUT2D eigenvalue weighted by Crippen LogP contribution is 2.03. The highest BCUT2D eigenvalue weighted by atomic mass is 16.1. The summed E-state index contributed by atoms with van der Waals surface area (Å²) in [6.07, 6.45) is 0. The van der Waals surface area contributed by atoms with Crippen molar-refractivity contribution in [3.05, 3.63) is 23.9 Å². The first kappa shape index (κ1) is 9.51. The number of nitrogens with one attached hydrogen (secondary N) is 2. The fourth-order valence-corrected chi connectivity index (χ4v) is 0.952. The molecule has 0 radical (unpaired) electrons. The fraction of sp³-hybridized carbons (Fsp3) is 0.333. The van der Waals surface area contributed by atoms with E-state index in [0.29, 0.717) is 18.1 Å². The third-order valence-corrected chi connectivity index (χ3v) is 1.58. The van der Waals surface area contributed by atoms with Gasteiger partial charge in [0.1, 0.15) is 11.5 Å². The van der Waals surface area contributed by atoms with Gasteiger partial charge in [0, 0.05) is 13.6 Å². The maximum absolute atomic E-state index is 11.3. The average molecular weight is 179 g/mol. The molecule has 13 heavy (non-hydrogen) atoms. The Morgan fingerprint density at radius 3 is 2.92 bits per heavy atom. The number of carbonyl (C=O) groups excluding carboxylic acids is 1. The summed E-state index contributed by atoms with van der Waals surface area (Å²) in [4.78, 5) is 15.4. The molecular weight excluding hydrogens is 166 g/mol. The number of hydrogen-bond acceptors (Lipinski definition) is 3. The van der Waals surface area contributed by atoms with Crippen molar-refractivity contribution >= 4 is 11.7 Å². The molecule has 0 saturated heterocycles. The second kappa shape index (κ2) is 4.45. The second-order valence-corrected chi connectivity index (χ2v) is 2.52. The van der Waals surface area contributed by atoms with Crippen LogP contribution < -0.4 is 10.6 Å². The van der Waals surface area contributed by atoms with Crippen molar-refractivity contribution in [2.45, 2.75) is 6.92 Å². The predicted octanol–water partition coefficient (Wildman–Crippen LogP) is 0.873. The Hall–Kier alpha value is -1.58. The molecule has 1 aromatic rings. The van der Waals surface area contributed by atoms with Gasteiger partial charge < -0.3 is 10.6 Å². The van der Waals surface area contributed by atoms with Gasteiger partial charge >= 0.3 is 0 Å². The SMILES string of the molecule is CCNC(=O)c1cccc(NC)n1. The summed E-state index contributed by atoms with van der Waals surface area (Å²) < 4.78 is 0. The number of aromatic nitrogens is 1. The van der Waals surface area contributed by atoms with Crippen LogP contribution >= 0.6 is 0 Å². The molecular formula is C9H13N3O. The van der Waals surface area contributed by atoms with Crippen LogP contribution in [0.15, 0.2) is 18.2 Å². The van der Waals surface area contributed by atoms with Crippen LogP contribution in [-0.2, 0) is 0 Å². The number of amides is 1. The average Bonchev–Trinajstić information content (AvgIpc) is 2.18. The Bertz CT molecular complexity index is 299. The topological polar surface area (TPSA) is 54.0 Å². The van der Waals surface area contributed by atoms with E-state index in [4.69, 9.17) is 0 Å². The summed E-state index contributed by atoms with van der Waals surface area (Å²) in [5.74, 6) is 0.559. The van der Waals surface area contributed by atoms with E-state index in [2.05, 4.69) is 15.6 Å². The van der Waals surface area contributed by atoms with Crippen molar-refractivity contribution in [3.8, 4) is 0 Å². The second-order valence-electron chi connectivity index (χ2n) is 2.52. The minimum atomic E-state index is -0.139. The molecule has 0 bridgehead atoms. The van der Waals surface area contributed by atoms with E-state index in [0.717, 1.165) is 0 Å². The van der Waals surface area contributed by atoms with Crippen LogP contribution in [0.3, 0.4) is 0 Å². The van der Waals surface area contributed by atoms with Crippen molar-refractivity contribution in [1.29, 1.82) is 0 Å². The lowest BCUT2D eigenvalue weighted by Crippen LogP contribution is -2.23. The summed E-state index contributed by atoms with van der Waals surface area (Å²) in [6.45, 7) is 2.49. The quantitative estimate of drug-likeness (QED) is 0.724. The molecule has 0 fully saturated rings. The number of hydrogen-bond donors (Lipinski definition) is 2. The van der Waals surface area contributed by atoms with Gasteiger partial charge in [0.2, 0.25) is 0 Å². The van der Waals surface area contributed by atoms with Gasteiger partial charge in [-0.3, -0.25) is 4.79 Å². The van der Waals surface area contributed by atoms with E-state index in [1.165, 1.54) is 0 Å². The molecule has 1 amide bonds. The minimum absolute atomic E-state index is 0.139. The molecule has 0 saturated carbocycles. The molecule has 0 aromatic carbocycles. The van der Waals surface area contributed by atoms with E-state index < -0.39 is 0 Å². The Morgan fingerprint density at radius 1 is 1.54 bits per heavy atom. The number of nitrogens with zero attached hydrogens (tertiary/aromatic N) is 1. The van der Waals surface area contributed by atoms with Crippen LogP contribution in [0.1, 0.15) is 17.4 Å². The largest absolute Gasteiger partial charge is 0.373 e. The highest BCUT2D eigenvalue weighted by molar-refractivity contribution is 5.92. The number of pyridine rings is 1. The van der Waals surface area contributed by atoms with Crippen LogP contribution in [-0.4, -0.2) is 24.5 Å². The lowest BCUT2D eigenvalue weighted by molar-refractivity contribution is 0.0951. The van der Waals surface area contributed by atoms with Crippen molar-refractivity contribution in [2.75, 3.05) is 18.9 Å². The molecule has 1 heterocycles. The first-order valence-electron chi connectivity index (χ1n) is 4.21. The Labute approximate surface area is 77.4 Å². The van der Waals surface area contributed by atoms with E-state index in [1.54, 1.807) is 19.2 Å². The van der Waals surface area contributed by atoms with Gasteiger partial charge in [-0.2, -0.15) is 0 Å². The number of carbonyl (C=O) groups is 1. The maximum atomic E-state index is 11.3. The Kier molecular flexibility index (Phi) is 3.25. The van der Waals surface area contributed by atoms with Gasteiger partial charge in [0.25, 0.3) is 5.91 Å². The minimum Gasteiger partial charge on any atom is -0.373 e. The van der Waals surface area contributed by atoms with Gasteiger partial charge in [-0.15, -0.1) is 0 Å². The molecule has 1 aromatic heterocycles. The third kappa shape index (κ3) is 2.43. The van der Waals surface area contributed by atoms with Crippen LogP contribution in [0.25, 0.3) is 0 Å². The summed E-state index contributed by atoms with van der Waals surface area (Å²) in [6, 6.07) is 5.29. The van der Waals surface area contributed by atoms with E-state index in [9.17, 15) is 4.79 Å². The molecule has 0 spiro atoms. The summed E-state index contributed by atoms with van der Waals surface area (Å²) in [5.41, 5.74) is 0.439. The van der Waals surface area contributed by atoms with Crippen molar-refractivity contribution in [1.82, 2.24) is 10.3 Å². The van der Waals surface area contributed by atoms with Crippen LogP contribution in [0.5, 0.6) is 0 Å². The van der Waals surface area contributed by atoms with Crippen molar-refractivity contribution in [2.24, 2.45) is 0 Å². The number of anilines is 1. The summed E-state index contributed by atoms with van der Waals surface area (Å²) >= 11 is 0. The molecule has 0 atom stereocenters. The van der Waals surface area contributed by atoms with Gasteiger partial charge in [-0.25, -0.2) is 4.98 Å². The van der Waals surface area contributed by atoms with Crippen LogP contribution in [0, 0.1) is 0 Å².